The molecule has 1 aromatic carbocycles. The molecule has 1 spiro atoms. The summed E-state index contributed by atoms with van der Waals surface area (Å²) in [6, 6.07) is 5.13. The molecule has 1 N–H and O–H groups in total. The van der Waals surface area contributed by atoms with E-state index in [9.17, 15) is 19.5 Å². The van der Waals surface area contributed by atoms with Gasteiger partial charge in [-0.25, -0.2) is 0 Å². The Morgan fingerprint density at radius 3 is 2.64 bits per heavy atom. The van der Waals surface area contributed by atoms with E-state index in [1.165, 1.54) is 15.9 Å². The highest BCUT2D eigenvalue weighted by Gasteiger charge is 2.77. The Balaban J connectivity index is 1.82. The molecule has 3 unspecified atom stereocenters. The number of carbonyl (C=O) groups excluding carboxylic acids is 3. The van der Waals surface area contributed by atoms with Crippen LogP contribution in [-0.4, -0.2) is 76.2 Å². The maximum absolute atomic E-state index is 14.3. The number of alkyl halides is 1. The lowest BCUT2D eigenvalue weighted by Gasteiger charge is -2.39. The predicted molar refractivity (Wildman–Crippen MR) is 139 cm³/mol. The molecule has 3 fully saturated rings. The van der Waals surface area contributed by atoms with Crippen LogP contribution in [0.25, 0.3) is 0 Å². The van der Waals surface area contributed by atoms with Crippen molar-refractivity contribution in [1.29, 1.82) is 0 Å². The highest BCUT2D eigenvalue weighted by Crippen LogP contribution is 2.60. The van der Waals surface area contributed by atoms with Crippen LogP contribution in [0.2, 0.25) is 5.02 Å². The van der Waals surface area contributed by atoms with Crippen molar-refractivity contribution in [1.82, 2.24) is 4.90 Å². The summed E-state index contributed by atoms with van der Waals surface area (Å²) in [7, 11) is 0. The van der Waals surface area contributed by atoms with Crippen LogP contribution in [0, 0.1) is 11.8 Å². The van der Waals surface area contributed by atoms with Crippen LogP contribution in [0.4, 0.5) is 5.69 Å². The van der Waals surface area contributed by atoms with Crippen LogP contribution >= 0.6 is 27.5 Å². The summed E-state index contributed by atoms with van der Waals surface area (Å²) in [5, 5.41) is 10.7. The van der Waals surface area contributed by atoms with Gasteiger partial charge in [0.15, 0.2) is 0 Å². The molecule has 7 atom stereocenters. The quantitative estimate of drug-likeness (QED) is 0.259. The second-order valence-electron chi connectivity index (χ2n) is 9.29. The number of hydrogen-bond acceptors (Lipinski definition) is 6. The highest BCUT2D eigenvalue weighted by atomic mass is 79.9. The second-order valence-corrected chi connectivity index (χ2v) is 10.9. The smallest absolute Gasteiger partial charge is 0.312 e. The standard InChI is InChI=1S/C26H30BrClN2O6/c1-4-11-29(17-9-7-15(28)8-10-17)24(33)22-26-13-18(27)21(36-26)19(25(34)35-12-5-2)20(26)23(32)30(22)16(6-3)14-31/h4-5,7-10,16,18-22,31H,1-2,6,11-14H2,3H3/t16-,18?,19+,20-,21+,22?,26?/m0/s1. The molecule has 2 bridgehead atoms. The first kappa shape index (κ1) is 26.9. The Kier molecular flexibility index (Phi) is 7.95. The normalized spacial score (nSPS) is 31.2. The number of aliphatic hydroxyl groups is 1. The molecule has 3 aliphatic rings. The fraction of sp³-hybridized carbons (Fsp3) is 0.500. The van der Waals surface area contributed by atoms with Crippen molar-refractivity contribution >= 4 is 51.0 Å². The van der Waals surface area contributed by atoms with Gasteiger partial charge in [-0.3, -0.25) is 14.4 Å². The molecule has 2 amide bonds. The molecule has 3 aliphatic heterocycles. The third kappa shape index (κ3) is 4.20. The van der Waals surface area contributed by atoms with Crippen LogP contribution in [0.15, 0.2) is 49.6 Å². The number of halogens is 2. The van der Waals surface area contributed by atoms with Gasteiger partial charge in [0, 0.05) is 22.1 Å². The number of anilines is 1. The maximum atomic E-state index is 14.3. The van der Waals surface area contributed by atoms with Gasteiger partial charge in [0.2, 0.25) is 5.91 Å². The molecule has 3 heterocycles. The summed E-state index contributed by atoms with van der Waals surface area (Å²) in [6.07, 6.45) is 3.22. The van der Waals surface area contributed by atoms with Crippen LogP contribution in [0.5, 0.6) is 0 Å². The number of rotatable bonds is 10. The van der Waals surface area contributed by atoms with Crippen LogP contribution < -0.4 is 4.90 Å². The number of esters is 1. The van der Waals surface area contributed by atoms with Gasteiger partial charge < -0.3 is 24.4 Å². The monoisotopic (exact) mass is 580 g/mol. The third-order valence-electron chi connectivity index (χ3n) is 7.37. The summed E-state index contributed by atoms with van der Waals surface area (Å²) >= 11 is 9.69. The number of likely N-dealkylation sites (tertiary alicyclic amines) is 1. The fourth-order valence-corrected chi connectivity index (χ4v) is 6.95. The third-order valence-corrected chi connectivity index (χ3v) is 8.46. The average Bonchev–Trinajstić information content (AvgIpc) is 3.46. The first-order chi connectivity index (χ1) is 17.2. The Hall–Kier alpha value is -2.20. The Bertz CT molecular complexity index is 1050. The molecular formula is C26H30BrClN2O6. The van der Waals surface area contributed by atoms with E-state index in [1.54, 1.807) is 30.3 Å². The zero-order valence-electron chi connectivity index (χ0n) is 20.0. The van der Waals surface area contributed by atoms with Gasteiger partial charge in [-0.1, -0.05) is 53.2 Å². The Morgan fingerprint density at radius 1 is 1.36 bits per heavy atom. The molecule has 4 rings (SSSR count). The van der Waals surface area contributed by atoms with Crippen LogP contribution in [0.1, 0.15) is 19.8 Å². The molecule has 0 aliphatic carbocycles. The zero-order chi connectivity index (χ0) is 26.2. The average molecular weight is 582 g/mol. The number of fused-ring (bicyclic) bond motifs is 1. The van der Waals surface area contributed by atoms with Crippen LogP contribution in [0.3, 0.4) is 0 Å². The lowest BCUT2D eigenvalue weighted by molar-refractivity contribution is -0.154. The molecule has 36 heavy (non-hydrogen) atoms. The van der Waals surface area contributed by atoms with E-state index in [1.807, 2.05) is 6.92 Å². The lowest BCUT2D eigenvalue weighted by atomic mass is 9.70. The highest BCUT2D eigenvalue weighted by molar-refractivity contribution is 9.09. The van der Waals surface area contributed by atoms with Crippen molar-refractivity contribution in [2.45, 2.75) is 48.4 Å². The van der Waals surface area contributed by atoms with Gasteiger partial charge in [0.25, 0.3) is 5.91 Å². The molecule has 194 valence electrons. The molecule has 3 saturated heterocycles. The first-order valence-electron chi connectivity index (χ1n) is 12.0. The molecule has 0 saturated carbocycles. The van der Waals surface area contributed by atoms with Gasteiger partial charge in [-0.2, -0.15) is 0 Å². The minimum Gasteiger partial charge on any atom is -0.461 e. The van der Waals surface area contributed by atoms with Crippen molar-refractivity contribution < 1.29 is 29.0 Å². The number of carbonyl (C=O) groups is 3. The summed E-state index contributed by atoms with van der Waals surface area (Å²) in [5.74, 6) is -3.10. The van der Waals surface area contributed by atoms with Gasteiger partial charge in [-0.05, 0) is 37.1 Å². The van der Waals surface area contributed by atoms with Crippen molar-refractivity contribution in [3.05, 3.63) is 54.6 Å². The largest absolute Gasteiger partial charge is 0.461 e. The SMILES string of the molecule is C=CCOC(=O)[C@H]1[C@@H]2OC3(CC2Br)C(C(=O)N(CC=C)c2ccc(Cl)cc2)N([C@@H](CC)CO)C(=O)[C@H]13. The summed E-state index contributed by atoms with van der Waals surface area (Å²) in [6.45, 7) is 9.07. The van der Waals surface area contributed by atoms with E-state index >= 15 is 0 Å². The topological polar surface area (TPSA) is 96.4 Å². The van der Waals surface area contributed by atoms with Crippen molar-refractivity contribution in [2.75, 3.05) is 24.7 Å². The van der Waals surface area contributed by atoms with Gasteiger partial charge >= 0.3 is 5.97 Å². The molecule has 8 nitrogen and oxygen atoms in total. The number of benzene rings is 1. The lowest BCUT2D eigenvalue weighted by Crippen LogP contribution is -2.59. The number of ether oxygens (including phenoxy) is 2. The molecule has 0 radical (unpaired) electrons. The van der Waals surface area contributed by atoms with E-state index in [-0.39, 0.29) is 36.4 Å². The molecule has 0 aromatic heterocycles. The van der Waals surface area contributed by atoms with Crippen molar-refractivity contribution in [3.63, 3.8) is 0 Å². The van der Waals surface area contributed by atoms with Crippen molar-refractivity contribution in [2.24, 2.45) is 11.8 Å². The van der Waals surface area contributed by atoms with Crippen molar-refractivity contribution in [3.8, 4) is 0 Å². The Morgan fingerprint density at radius 2 is 2.06 bits per heavy atom. The van der Waals surface area contributed by atoms with E-state index in [2.05, 4.69) is 29.1 Å². The van der Waals surface area contributed by atoms with E-state index in [0.717, 1.165) is 0 Å². The van der Waals surface area contributed by atoms with E-state index < -0.39 is 41.6 Å². The zero-order valence-corrected chi connectivity index (χ0v) is 22.4. The Labute approximate surface area is 224 Å². The second kappa shape index (κ2) is 10.7. The van der Waals surface area contributed by atoms with Gasteiger partial charge in [0.05, 0.1) is 30.6 Å². The van der Waals surface area contributed by atoms with E-state index in [4.69, 9.17) is 21.1 Å². The first-order valence-corrected chi connectivity index (χ1v) is 13.2. The maximum Gasteiger partial charge on any atom is 0.312 e. The molecular weight excluding hydrogens is 552 g/mol. The fourth-order valence-electron chi connectivity index (χ4n) is 5.88. The van der Waals surface area contributed by atoms with Gasteiger partial charge in [-0.15, -0.1) is 6.58 Å². The number of nitrogens with zero attached hydrogens (tertiary/aromatic N) is 2. The minimum atomic E-state index is -1.25. The minimum absolute atomic E-state index is 0.00684. The summed E-state index contributed by atoms with van der Waals surface area (Å²) in [4.78, 5) is 44.1. The summed E-state index contributed by atoms with van der Waals surface area (Å²) < 4.78 is 11.8. The number of amides is 2. The molecule has 10 heteroatoms. The number of hydrogen-bond donors (Lipinski definition) is 1. The predicted octanol–water partition coefficient (Wildman–Crippen LogP) is 3.11. The van der Waals surface area contributed by atoms with E-state index in [0.29, 0.717) is 23.6 Å². The molecule has 1 aromatic rings. The van der Waals surface area contributed by atoms with Gasteiger partial charge in [0.1, 0.15) is 18.2 Å². The summed E-state index contributed by atoms with van der Waals surface area (Å²) in [5.41, 5.74) is -0.669. The van der Waals surface area contributed by atoms with Crippen LogP contribution in [-0.2, 0) is 23.9 Å². The number of aliphatic hydroxyl groups excluding tert-OH is 1.